The monoisotopic (exact) mass is 305 g/mol. The molecule has 0 aliphatic carbocycles. The van der Waals surface area contributed by atoms with E-state index in [2.05, 4.69) is 17.0 Å². The summed E-state index contributed by atoms with van der Waals surface area (Å²) in [6.07, 6.45) is 0. The lowest BCUT2D eigenvalue weighted by Crippen LogP contribution is -2.26. The second-order valence-electron chi connectivity index (χ2n) is 4.88. The molecule has 3 nitrogen and oxygen atoms in total. The van der Waals surface area contributed by atoms with Crippen LogP contribution in [0.5, 0.6) is 5.75 Å². The molecular weight excluding hydrogens is 286 g/mol. The molecule has 0 saturated heterocycles. The fraction of sp³-hybridized carbons (Fsp3) is 0.294. The van der Waals surface area contributed by atoms with E-state index in [1.54, 1.807) is 7.11 Å². The van der Waals surface area contributed by atoms with Crippen LogP contribution in [-0.2, 0) is 13.1 Å². The molecule has 0 atom stereocenters. The van der Waals surface area contributed by atoms with Crippen LogP contribution in [0.25, 0.3) is 0 Å². The molecule has 4 heteroatoms. The third-order valence-electron chi connectivity index (χ3n) is 3.30. The zero-order valence-corrected chi connectivity index (χ0v) is 12.9. The van der Waals surface area contributed by atoms with Crippen molar-refractivity contribution in [2.45, 2.75) is 13.1 Å². The first-order valence-corrected chi connectivity index (χ1v) is 7.30. The van der Waals surface area contributed by atoms with Crippen LogP contribution in [0.1, 0.15) is 11.1 Å². The first kappa shape index (κ1) is 15.8. The van der Waals surface area contributed by atoms with Gasteiger partial charge in [0.2, 0.25) is 0 Å². The number of ether oxygens (including phenoxy) is 1. The highest BCUT2D eigenvalue weighted by molar-refractivity contribution is 6.30. The molecule has 0 bridgehead atoms. The largest absolute Gasteiger partial charge is 0.496 e. The lowest BCUT2D eigenvalue weighted by molar-refractivity contribution is 0.183. The number of hydrogen-bond donors (Lipinski definition) is 1. The molecule has 0 unspecified atom stereocenters. The van der Waals surface area contributed by atoms with Gasteiger partial charge in [-0.05, 0) is 23.8 Å². The number of methoxy groups -OCH3 is 1. The maximum Gasteiger partial charge on any atom is 0.123 e. The minimum Gasteiger partial charge on any atom is -0.496 e. The second-order valence-corrected chi connectivity index (χ2v) is 5.31. The molecule has 0 heterocycles. The number of rotatable bonds is 7. The molecule has 0 radical (unpaired) electrons. The van der Waals surface area contributed by atoms with Crippen LogP contribution in [0.2, 0.25) is 5.02 Å². The Morgan fingerprint density at radius 1 is 1.10 bits per heavy atom. The van der Waals surface area contributed by atoms with Gasteiger partial charge in [-0.15, -0.1) is 0 Å². The van der Waals surface area contributed by atoms with Crippen molar-refractivity contribution in [1.29, 1.82) is 0 Å². The summed E-state index contributed by atoms with van der Waals surface area (Å²) < 4.78 is 5.38. The van der Waals surface area contributed by atoms with Crippen molar-refractivity contribution in [3.05, 3.63) is 64.7 Å². The van der Waals surface area contributed by atoms with Crippen LogP contribution in [0.15, 0.2) is 48.5 Å². The number of halogens is 1. The van der Waals surface area contributed by atoms with E-state index in [1.807, 2.05) is 36.4 Å². The molecule has 112 valence electrons. The van der Waals surface area contributed by atoms with Gasteiger partial charge in [0.05, 0.1) is 13.7 Å². The maximum absolute atomic E-state index is 9.27. The number of aliphatic hydroxyl groups is 1. The molecule has 0 aliphatic rings. The van der Waals surface area contributed by atoms with Gasteiger partial charge in [-0.1, -0.05) is 41.9 Å². The predicted octanol–water partition coefficient (Wildman–Crippen LogP) is 3.34. The number of hydrogen-bond acceptors (Lipinski definition) is 3. The summed E-state index contributed by atoms with van der Waals surface area (Å²) in [6.45, 7) is 2.18. The van der Waals surface area contributed by atoms with Crippen LogP contribution in [-0.4, -0.2) is 30.3 Å². The Hall–Kier alpha value is -1.55. The number of aliphatic hydroxyl groups excluding tert-OH is 1. The number of benzene rings is 2. The molecule has 0 amide bonds. The highest BCUT2D eigenvalue weighted by atomic mass is 35.5. The smallest absolute Gasteiger partial charge is 0.123 e. The van der Waals surface area contributed by atoms with E-state index in [1.165, 1.54) is 5.56 Å². The first-order chi connectivity index (χ1) is 10.2. The highest BCUT2D eigenvalue weighted by Crippen LogP contribution is 2.24. The van der Waals surface area contributed by atoms with Crippen molar-refractivity contribution < 1.29 is 9.84 Å². The van der Waals surface area contributed by atoms with Gasteiger partial charge < -0.3 is 9.84 Å². The quantitative estimate of drug-likeness (QED) is 0.851. The van der Waals surface area contributed by atoms with Gasteiger partial charge in [-0.3, -0.25) is 4.90 Å². The molecule has 0 aliphatic heterocycles. The minimum absolute atomic E-state index is 0.121. The Morgan fingerprint density at radius 3 is 2.52 bits per heavy atom. The highest BCUT2D eigenvalue weighted by Gasteiger charge is 2.11. The SMILES string of the molecule is COc1ccc(Cl)cc1CN(CCO)Cc1ccccc1. The van der Waals surface area contributed by atoms with Gasteiger partial charge in [0.1, 0.15) is 5.75 Å². The maximum atomic E-state index is 9.27. The van der Waals surface area contributed by atoms with Gasteiger partial charge in [0.15, 0.2) is 0 Å². The Kier molecular flexibility index (Phi) is 6.05. The van der Waals surface area contributed by atoms with Crippen molar-refractivity contribution >= 4 is 11.6 Å². The molecule has 2 rings (SSSR count). The normalized spacial score (nSPS) is 10.9. The molecule has 0 spiro atoms. The van der Waals surface area contributed by atoms with E-state index in [0.29, 0.717) is 18.1 Å². The van der Waals surface area contributed by atoms with E-state index in [-0.39, 0.29) is 6.61 Å². The molecule has 1 N–H and O–H groups in total. The second kappa shape index (κ2) is 8.03. The third kappa shape index (κ3) is 4.74. The van der Waals surface area contributed by atoms with Crippen molar-refractivity contribution in [3.8, 4) is 5.75 Å². The average molecular weight is 306 g/mol. The van der Waals surface area contributed by atoms with E-state index in [0.717, 1.165) is 17.9 Å². The molecule has 2 aromatic carbocycles. The molecule has 21 heavy (non-hydrogen) atoms. The van der Waals surface area contributed by atoms with Gasteiger partial charge in [-0.25, -0.2) is 0 Å². The van der Waals surface area contributed by atoms with E-state index < -0.39 is 0 Å². The summed E-state index contributed by atoms with van der Waals surface area (Å²) in [4.78, 5) is 2.17. The van der Waals surface area contributed by atoms with Crippen LogP contribution < -0.4 is 4.74 Å². The van der Waals surface area contributed by atoms with E-state index >= 15 is 0 Å². The van der Waals surface area contributed by atoms with Crippen molar-refractivity contribution in [2.24, 2.45) is 0 Å². The molecule has 2 aromatic rings. The topological polar surface area (TPSA) is 32.7 Å². The average Bonchev–Trinajstić information content (AvgIpc) is 2.49. The predicted molar refractivity (Wildman–Crippen MR) is 85.6 cm³/mol. The summed E-state index contributed by atoms with van der Waals surface area (Å²) in [6, 6.07) is 15.8. The molecule has 0 fully saturated rings. The van der Waals surface area contributed by atoms with Crippen molar-refractivity contribution in [2.75, 3.05) is 20.3 Å². The Morgan fingerprint density at radius 2 is 1.86 bits per heavy atom. The molecular formula is C17H20ClNO2. The fourth-order valence-electron chi connectivity index (χ4n) is 2.31. The summed E-state index contributed by atoms with van der Waals surface area (Å²) in [7, 11) is 1.65. The van der Waals surface area contributed by atoms with E-state index in [4.69, 9.17) is 16.3 Å². The van der Waals surface area contributed by atoms with Crippen LogP contribution in [0.3, 0.4) is 0 Å². The summed E-state index contributed by atoms with van der Waals surface area (Å²) in [5, 5.41) is 9.96. The van der Waals surface area contributed by atoms with Crippen molar-refractivity contribution in [1.82, 2.24) is 4.90 Å². The van der Waals surface area contributed by atoms with E-state index in [9.17, 15) is 5.11 Å². The zero-order valence-electron chi connectivity index (χ0n) is 12.1. The lowest BCUT2D eigenvalue weighted by Gasteiger charge is -2.22. The van der Waals surface area contributed by atoms with Gasteiger partial charge >= 0.3 is 0 Å². The number of nitrogens with zero attached hydrogens (tertiary/aromatic N) is 1. The van der Waals surface area contributed by atoms with Crippen LogP contribution in [0.4, 0.5) is 0 Å². The van der Waals surface area contributed by atoms with Crippen LogP contribution >= 0.6 is 11.6 Å². The zero-order chi connectivity index (χ0) is 15.1. The Bertz CT molecular complexity index is 560. The molecule has 0 aromatic heterocycles. The van der Waals surface area contributed by atoms with Gasteiger partial charge in [0.25, 0.3) is 0 Å². The summed E-state index contributed by atoms with van der Waals surface area (Å²) in [5.41, 5.74) is 2.24. The summed E-state index contributed by atoms with van der Waals surface area (Å²) >= 11 is 6.07. The van der Waals surface area contributed by atoms with Gasteiger partial charge in [0, 0.05) is 30.2 Å². The summed E-state index contributed by atoms with van der Waals surface area (Å²) in [5.74, 6) is 0.815. The standard InChI is InChI=1S/C17H20ClNO2/c1-21-17-8-7-16(18)11-15(17)13-19(9-10-20)12-14-5-3-2-4-6-14/h2-8,11,20H,9-10,12-13H2,1H3. The minimum atomic E-state index is 0.121. The first-order valence-electron chi connectivity index (χ1n) is 6.92. The molecule has 0 saturated carbocycles. The Labute approximate surface area is 130 Å². The lowest BCUT2D eigenvalue weighted by atomic mass is 10.1. The van der Waals surface area contributed by atoms with Crippen molar-refractivity contribution in [3.63, 3.8) is 0 Å². The van der Waals surface area contributed by atoms with Gasteiger partial charge in [-0.2, -0.15) is 0 Å². The Balaban J connectivity index is 2.14. The van der Waals surface area contributed by atoms with Crippen LogP contribution in [0, 0.1) is 0 Å². The fourth-order valence-corrected chi connectivity index (χ4v) is 2.50. The third-order valence-corrected chi connectivity index (χ3v) is 3.54.